The molecule has 0 aliphatic carbocycles. The number of nitrogens with one attached hydrogen (secondary N) is 1. The zero-order valence-electron chi connectivity index (χ0n) is 12.4. The van der Waals surface area contributed by atoms with E-state index in [0.29, 0.717) is 19.8 Å². The summed E-state index contributed by atoms with van der Waals surface area (Å²) in [4.78, 5) is 13.0. The molecule has 3 aromatic rings. The lowest BCUT2D eigenvalue weighted by Crippen LogP contribution is -2.22. The van der Waals surface area contributed by atoms with E-state index in [2.05, 4.69) is 5.32 Å². The Morgan fingerprint density at radius 3 is 2.74 bits per heavy atom. The zero-order chi connectivity index (χ0) is 15.6. The maximum Gasteiger partial charge on any atom is 0.261 e. The lowest BCUT2D eigenvalue weighted by atomic mass is 10.2. The van der Waals surface area contributed by atoms with Crippen molar-refractivity contribution in [3.63, 3.8) is 0 Å². The number of amides is 1. The molecule has 1 aromatic heterocycles. The molecule has 0 saturated heterocycles. The second kappa shape index (κ2) is 5.93. The van der Waals surface area contributed by atoms with Crippen LogP contribution in [0.4, 0.5) is 0 Å². The molecule has 1 N–H and O–H groups in total. The normalized spacial score (nSPS) is 13.0. The molecule has 116 valence electrons. The van der Waals surface area contributed by atoms with Crippen LogP contribution in [-0.2, 0) is 6.54 Å². The van der Waals surface area contributed by atoms with Gasteiger partial charge in [-0.2, -0.15) is 0 Å². The standard InChI is InChI=1S/C18H15NO3S/c20-18(17-10-13-3-1-2-4-16(13)23-17)19-11-12-5-6-14-15(9-12)22-8-7-21-14/h1-6,9-10H,7-8,11H2,(H,19,20). The van der Waals surface area contributed by atoms with Crippen LogP contribution in [0.15, 0.2) is 48.5 Å². The van der Waals surface area contributed by atoms with Crippen molar-refractivity contribution in [1.29, 1.82) is 0 Å². The van der Waals surface area contributed by atoms with Crippen molar-refractivity contribution in [1.82, 2.24) is 5.32 Å². The fourth-order valence-electron chi connectivity index (χ4n) is 2.56. The fraction of sp³-hybridized carbons (Fsp3) is 0.167. The molecule has 0 fully saturated rings. The van der Waals surface area contributed by atoms with Crippen molar-refractivity contribution in [2.45, 2.75) is 6.54 Å². The summed E-state index contributed by atoms with van der Waals surface area (Å²) in [6, 6.07) is 15.7. The van der Waals surface area contributed by atoms with Gasteiger partial charge in [-0.3, -0.25) is 4.79 Å². The van der Waals surface area contributed by atoms with Gasteiger partial charge in [0.1, 0.15) is 13.2 Å². The highest BCUT2D eigenvalue weighted by Crippen LogP contribution is 2.31. The molecule has 2 heterocycles. The first-order valence-corrected chi connectivity index (χ1v) is 8.26. The van der Waals surface area contributed by atoms with E-state index in [9.17, 15) is 4.79 Å². The van der Waals surface area contributed by atoms with Gasteiger partial charge in [-0.1, -0.05) is 24.3 Å². The Labute approximate surface area is 137 Å². The maximum atomic E-state index is 12.3. The number of hydrogen-bond donors (Lipinski definition) is 1. The largest absolute Gasteiger partial charge is 0.486 e. The van der Waals surface area contributed by atoms with Crippen molar-refractivity contribution in [3.8, 4) is 11.5 Å². The van der Waals surface area contributed by atoms with E-state index in [1.54, 1.807) is 0 Å². The van der Waals surface area contributed by atoms with E-state index in [-0.39, 0.29) is 5.91 Å². The van der Waals surface area contributed by atoms with Gasteiger partial charge in [-0.15, -0.1) is 11.3 Å². The SMILES string of the molecule is O=C(NCc1ccc2c(c1)OCCO2)c1cc2ccccc2s1. The lowest BCUT2D eigenvalue weighted by Gasteiger charge is -2.18. The van der Waals surface area contributed by atoms with Crippen LogP contribution in [0.2, 0.25) is 0 Å². The monoisotopic (exact) mass is 325 g/mol. The molecule has 0 bridgehead atoms. The quantitative estimate of drug-likeness (QED) is 0.800. The average Bonchev–Trinajstić information content (AvgIpc) is 3.04. The number of carbonyl (C=O) groups is 1. The van der Waals surface area contributed by atoms with Crippen LogP contribution < -0.4 is 14.8 Å². The Morgan fingerprint density at radius 2 is 1.87 bits per heavy atom. The third-order valence-corrected chi connectivity index (χ3v) is 4.82. The molecule has 0 unspecified atom stereocenters. The Hall–Kier alpha value is -2.53. The number of rotatable bonds is 3. The molecule has 0 atom stereocenters. The molecular formula is C18H15NO3S. The van der Waals surface area contributed by atoms with Crippen LogP contribution in [0.3, 0.4) is 0 Å². The van der Waals surface area contributed by atoms with E-state index >= 15 is 0 Å². The Kier molecular flexibility index (Phi) is 3.63. The van der Waals surface area contributed by atoms with E-state index in [1.807, 2.05) is 48.5 Å². The molecule has 4 rings (SSSR count). The van der Waals surface area contributed by atoms with Gasteiger partial charge in [-0.25, -0.2) is 0 Å². The van der Waals surface area contributed by atoms with Crippen LogP contribution in [-0.4, -0.2) is 19.1 Å². The number of fused-ring (bicyclic) bond motifs is 2. The zero-order valence-corrected chi connectivity index (χ0v) is 13.2. The van der Waals surface area contributed by atoms with Crippen molar-refractivity contribution in [3.05, 3.63) is 59.0 Å². The van der Waals surface area contributed by atoms with Crippen molar-refractivity contribution in [2.75, 3.05) is 13.2 Å². The molecule has 0 radical (unpaired) electrons. The second-order valence-corrected chi connectivity index (χ2v) is 6.39. The summed E-state index contributed by atoms with van der Waals surface area (Å²) >= 11 is 1.51. The van der Waals surface area contributed by atoms with Crippen molar-refractivity contribution in [2.24, 2.45) is 0 Å². The predicted octanol–water partition coefficient (Wildman–Crippen LogP) is 3.60. The van der Waals surface area contributed by atoms with Gasteiger partial charge in [0.2, 0.25) is 0 Å². The lowest BCUT2D eigenvalue weighted by molar-refractivity contribution is 0.0955. The smallest absolute Gasteiger partial charge is 0.261 e. The first kappa shape index (κ1) is 14.1. The Balaban J connectivity index is 1.47. The number of carbonyl (C=O) groups excluding carboxylic acids is 1. The summed E-state index contributed by atoms with van der Waals surface area (Å²) in [6.07, 6.45) is 0. The first-order chi connectivity index (χ1) is 11.3. The maximum absolute atomic E-state index is 12.3. The topological polar surface area (TPSA) is 47.6 Å². The molecule has 2 aromatic carbocycles. The summed E-state index contributed by atoms with van der Waals surface area (Å²) in [5.41, 5.74) is 0.990. The van der Waals surface area contributed by atoms with Gasteiger partial charge in [0, 0.05) is 11.2 Å². The average molecular weight is 325 g/mol. The second-order valence-electron chi connectivity index (χ2n) is 5.31. The molecule has 1 amide bonds. The third-order valence-electron chi connectivity index (χ3n) is 3.71. The summed E-state index contributed by atoms with van der Waals surface area (Å²) in [7, 11) is 0. The molecule has 1 aliphatic rings. The summed E-state index contributed by atoms with van der Waals surface area (Å²) in [5.74, 6) is 1.45. The minimum atomic E-state index is -0.0545. The first-order valence-electron chi connectivity index (χ1n) is 7.45. The van der Waals surface area contributed by atoms with Crippen LogP contribution in [0.25, 0.3) is 10.1 Å². The van der Waals surface area contributed by atoms with Gasteiger partial charge in [0.25, 0.3) is 5.91 Å². The highest BCUT2D eigenvalue weighted by atomic mass is 32.1. The minimum absolute atomic E-state index is 0.0545. The summed E-state index contributed by atoms with van der Waals surface area (Å²) < 4.78 is 12.2. The molecule has 5 heteroatoms. The van der Waals surface area contributed by atoms with E-state index in [1.165, 1.54) is 11.3 Å². The van der Waals surface area contributed by atoms with E-state index in [0.717, 1.165) is 32.0 Å². The molecule has 0 saturated carbocycles. The highest BCUT2D eigenvalue weighted by molar-refractivity contribution is 7.20. The minimum Gasteiger partial charge on any atom is -0.486 e. The number of hydrogen-bond acceptors (Lipinski definition) is 4. The number of ether oxygens (including phenoxy) is 2. The van der Waals surface area contributed by atoms with Crippen molar-refractivity contribution >= 4 is 27.3 Å². The van der Waals surface area contributed by atoms with Gasteiger partial charge >= 0.3 is 0 Å². The predicted molar refractivity (Wildman–Crippen MR) is 90.4 cm³/mol. The van der Waals surface area contributed by atoms with Crippen LogP contribution in [0.1, 0.15) is 15.2 Å². The van der Waals surface area contributed by atoms with E-state index in [4.69, 9.17) is 9.47 Å². The van der Waals surface area contributed by atoms with Gasteiger partial charge in [0.05, 0.1) is 4.88 Å². The molecule has 0 spiro atoms. The van der Waals surface area contributed by atoms with Gasteiger partial charge in [-0.05, 0) is 35.2 Å². The van der Waals surface area contributed by atoms with Crippen LogP contribution >= 0.6 is 11.3 Å². The number of thiophene rings is 1. The van der Waals surface area contributed by atoms with Crippen molar-refractivity contribution < 1.29 is 14.3 Å². The summed E-state index contributed by atoms with van der Waals surface area (Å²) in [6.45, 7) is 1.60. The van der Waals surface area contributed by atoms with E-state index < -0.39 is 0 Å². The molecular weight excluding hydrogens is 310 g/mol. The number of benzene rings is 2. The summed E-state index contributed by atoms with van der Waals surface area (Å²) in [5, 5.41) is 4.06. The fourth-order valence-corrected chi connectivity index (χ4v) is 3.54. The Bertz CT molecular complexity index is 839. The van der Waals surface area contributed by atoms with Gasteiger partial charge < -0.3 is 14.8 Å². The molecule has 1 aliphatic heterocycles. The molecule has 4 nitrogen and oxygen atoms in total. The van der Waals surface area contributed by atoms with Crippen LogP contribution in [0, 0.1) is 0 Å². The van der Waals surface area contributed by atoms with Gasteiger partial charge in [0.15, 0.2) is 11.5 Å². The Morgan fingerprint density at radius 1 is 1.04 bits per heavy atom. The van der Waals surface area contributed by atoms with Crippen LogP contribution in [0.5, 0.6) is 11.5 Å². The third kappa shape index (κ3) is 2.87. The highest BCUT2D eigenvalue weighted by Gasteiger charge is 2.13. The molecule has 23 heavy (non-hydrogen) atoms.